The van der Waals surface area contributed by atoms with E-state index in [2.05, 4.69) is 15.3 Å². The van der Waals surface area contributed by atoms with E-state index >= 15 is 0 Å². The lowest BCUT2D eigenvalue weighted by Gasteiger charge is -2.11. The van der Waals surface area contributed by atoms with Crippen molar-refractivity contribution >= 4 is 11.6 Å². The third-order valence-electron chi connectivity index (χ3n) is 2.45. The zero-order chi connectivity index (χ0) is 12.3. The van der Waals surface area contributed by atoms with Crippen LogP contribution in [0.1, 0.15) is 29.1 Å². The standard InChI is InChI=1S/C12H14N4O/c1-8(11-14-6-7-15-11)16-12(17)9-2-4-10(13)5-3-9/h2-8H,13H2,1H3,(H,14,15)(H,16,17). The van der Waals surface area contributed by atoms with Gasteiger partial charge in [-0.1, -0.05) is 0 Å². The summed E-state index contributed by atoms with van der Waals surface area (Å²) in [5, 5.41) is 2.84. The van der Waals surface area contributed by atoms with E-state index in [1.165, 1.54) is 0 Å². The quantitative estimate of drug-likeness (QED) is 0.698. The Balaban J connectivity index is 2.04. The number of hydrogen-bond donors (Lipinski definition) is 3. The highest BCUT2D eigenvalue weighted by atomic mass is 16.1. The monoisotopic (exact) mass is 230 g/mol. The highest BCUT2D eigenvalue weighted by Gasteiger charge is 2.12. The van der Waals surface area contributed by atoms with Crippen LogP contribution in [-0.4, -0.2) is 15.9 Å². The number of aromatic nitrogens is 2. The van der Waals surface area contributed by atoms with Crippen LogP contribution in [-0.2, 0) is 0 Å². The lowest BCUT2D eigenvalue weighted by Crippen LogP contribution is -2.27. The smallest absolute Gasteiger partial charge is 0.251 e. The molecule has 2 rings (SSSR count). The summed E-state index contributed by atoms with van der Waals surface area (Å²) in [5.41, 5.74) is 6.78. The average Bonchev–Trinajstić information content (AvgIpc) is 2.83. The highest BCUT2D eigenvalue weighted by Crippen LogP contribution is 2.09. The second kappa shape index (κ2) is 4.69. The Bertz CT molecular complexity index is 490. The number of aromatic amines is 1. The summed E-state index contributed by atoms with van der Waals surface area (Å²) >= 11 is 0. The van der Waals surface area contributed by atoms with Crippen LogP contribution in [0.15, 0.2) is 36.7 Å². The van der Waals surface area contributed by atoms with E-state index in [1.54, 1.807) is 36.7 Å². The summed E-state index contributed by atoms with van der Waals surface area (Å²) in [4.78, 5) is 18.9. The second-order valence-electron chi connectivity index (χ2n) is 3.79. The first-order valence-corrected chi connectivity index (χ1v) is 5.32. The van der Waals surface area contributed by atoms with Crippen molar-refractivity contribution in [3.05, 3.63) is 48.0 Å². The van der Waals surface area contributed by atoms with Gasteiger partial charge in [-0.15, -0.1) is 0 Å². The first kappa shape index (κ1) is 11.2. The van der Waals surface area contributed by atoms with Crippen LogP contribution in [0, 0.1) is 0 Å². The molecule has 0 radical (unpaired) electrons. The maximum Gasteiger partial charge on any atom is 0.251 e. The number of nitrogens with zero attached hydrogens (tertiary/aromatic N) is 1. The van der Waals surface area contributed by atoms with E-state index in [4.69, 9.17) is 5.73 Å². The molecule has 0 saturated heterocycles. The van der Waals surface area contributed by atoms with Crippen molar-refractivity contribution in [3.63, 3.8) is 0 Å². The molecule has 0 fully saturated rings. The number of nitrogens with two attached hydrogens (primary N) is 1. The molecule has 1 unspecified atom stereocenters. The summed E-state index contributed by atoms with van der Waals surface area (Å²) in [5.74, 6) is 0.586. The molecule has 0 aliphatic rings. The fraction of sp³-hybridized carbons (Fsp3) is 0.167. The molecule has 0 aliphatic heterocycles. The zero-order valence-corrected chi connectivity index (χ0v) is 9.47. The predicted molar refractivity (Wildman–Crippen MR) is 65.3 cm³/mol. The molecule has 5 nitrogen and oxygen atoms in total. The fourth-order valence-corrected chi connectivity index (χ4v) is 1.50. The highest BCUT2D eigenvalue weighted by molar-refractivity contribution is 5.94. The lowest BCUT2D eigenvalue weighted by molar-refractivity contribution is 0.0938. The molecule has 5 heteroatoms. The van der Waals surface area contributed by atoms with Crippen molar-refractivity contribution in [2.75, 3.05) is 5.73 Å². The van der Waals surface area contributed by atoms with Gasteiger partial charge in [-0.25, -0.2) is 4.98 Å². The summed E-state index contributed by atoms with van der Waals surface area (Å²) in [6, 6.07) is 6.63. The molecule has 1 amide bonds. The van der Waals surface area contributed by atoms with E-state index in [-0.39, 0.29) is 11.9 Å². The molecular weight excluding hydrogens is 216 g/mol. The first-order chi connectivity index (χ1) is 8.16. The zero-order valence-electron chi connectivity index (χ0n) is 9.47. The number of amides is 1. The van der Waals surface area contributed by atoms with Gasteiger partial charge in [-0.2, -0.15) is 0 Å². The van der Waals surface area contributed by atoms with Crippen LogP contribution in [0.25, 0.3) is 0 Å². The third kappa shape index (κ3) is 2.63. The van der Waals surface area contributed by atoms with Crippen molar-refractivity contribution in [2.24, 2.45) is 0 Å². The molecule has 88 valence electrons. The van der Waals surface area contributed by atoms with Crippen LogP contribution in [0.4, 0.5) is 5.69 Å². The number of nitrogen functional groups attached to an aromatic ring is 1. The number of H-pyrrole nitrogens is 1. The van der Waals surface area contributed by atoms with Crippen molar-refractivity contribution in [1.82, 2.24) is 15.3 Å². The van der Waals surface area contributed by atoms with Gasteiger partial charge in [0.05, 0.1) is 6.04 Å². The molecule has 1 heterocycles. The molecule has 1 aromatic carbocycles. The van der Waals surface area contributed by atoms with Crippen LogP contribution in [0.2, 0.25) is 0 Å². The normalized spacial score (nSPS) is 12.1. The summed E-state index contributed by atoms with van der Waals surface area (Å²) in [7, 11) is 0. The van der Waals surface area contributed by atoms with E-state index in [9.17, 15) is 4.79 Å². The molecule has 2 aromatic rings. The van der Waals surface area contributed by atoms with Gasteiger partial charge in [-0.05, 0) is 31.2 Å². The Labute approximate surface area is 99.1 Å². The van der Waals surface area contributed by atoms with Crippen molar-refractivity contribution in [3.8, 4) is 0 Å². The van der Waals surface area contributed by atoms with Gasteiger partial charge in [0, 0.05) is 23.6 Å². The van der Waals surface area contributed by atoms with Gasteiger partial charge in [0.2, 0.25) is 0 Å². The Hall–Kier alpha value is -2.30. The van der Waals surface area contributed by atoms with E-state index < -0.39 is 0 Å². The lowest BCUT2D eigenvalue weighted by atomic mass is 10.2. The van der Waals surface area contributed by atoms with E-state index in [0.717, 1.165) is 5.82 Å². The van der Waals surface area contributed by atoms with Crippen molar-refractivity contribution < 1.29 is 4.79 Å². The van der Waals surface area contributed by atoms with Crippen LogP contribution < -0.4 is 11.1 Å². The Morgan fingerprint density at radius 3 is 2.71 bits per heavy atom. The molecular formula is C12H14N4O. The molecule has 0 spiro atoms. The number of imidazole rings is 1. The van der Waals surface area contributed by atoms with Crippen molar-refractivity contribution in [1.29, 1.82) is 0 Å². The predicted octanol–water partition coefficient (Wildman–Crippen LogP) is 1.48. The van der Waals surface area contributed by atoms with Gasteiger partial charge in [0.15, 0.2) is 0 Å². The van der Waals surface area contributed by atoms with Crippen LogP contribution in [0.3, 0.4) is 0 Å². The number of carbonyl (C=O) groups is 1. The minimum absolute atomic E-state index is 0.145. The molecule has 0 saturated carbocycles. The van der Waals surface area contributed by atoms with E-state index in [1.807, 2.05) is 6.92 Å². The molecule has 0 aliphatic carbocycles. The molecule has 17 heavy (non-hydrogen) atoms. The summed E-state index contributed by atoms with van der Waals surface area (Å²) in [6.07, 6.45) is 3.38. The Morgan fingerprint density at radius 1 is 1.41 bits per heavy atom. The first-order valence-electron chi connectivity index (χ1n) is 5.32. The molecule has 1 aromatic heterocycles. The van der Waals surface area contributed by atoms with Gasteiger partial charge in [-0.3, -0.25) is 4.79 Å². The third-order valence-corrected chi connectivity index (χ3v) is 2.45. The number of benzene rings is 1. The number of carbonyl (C=O) groups excluding carboxylic acids is 1. The van der Waals surface area contributed by atoms with Gasteiger partial charge < -0.3 is 16.0 Å². The summed E-state index contributed by atoms with van der Waals surface area (Å²) < 4.78 is 0. The fourth-order valence-electron chi connectivity index (χ4n) is 1.50. The second-order valence-corrected chi connectivity index (χ2v) is 3.79. The van der Waals surface area contributed by atoms with Crippen LogP contribution >= 0.6 is 0 Å². The number of nitrogens with one attached hydrogen (secondary N) is 2. The molecule has 1 atom stereocenters. The van der Waals surface area contributed by atoms with Gasteiger partial charge in [0.25, 0.3) is 5.91 Å². The Kier molecular flexibility index (Phi) is 3.09. The molecule has 0 bridgehead atoms. The van der Waals surface area contributed by atoms with E-state index in [0.29, 0.717) is 11.3 Å². The number of anilines is 1. The Morgan fingerprint density at radius 2 is 2.12 bits per heavy atom. The SMILES string of the molecule is CC(NC(=O)c1ccc(N)cc1)c1ncc[nH]1. The van der Waals surface area contributed by atoms with Gasteiger partial charge in [0.1, 0.15) is 5.82 Å². The van der Waals surface area contributed by atoms with Gasteiger partial charge >= 0.3 is 0 Å². The van der Waals surface area contributed by atoms with Crippen molar-refractivity contribution in [2.45, 2.75) is 13.0 Å². The summed E-state index contributed by atoms with van der Waals surface area (Å²) in [6.45, 7) is 1.87. The maximum atomic E-state index is 11.9. The number of hydrogen-bond acceptors (Lipinski definition) is 3. The van der Waals surface area contributed by atoms with Crippen LogP contribution in [0.5, 0.6) is 0 Å². The minimum atomic E-state index is -0.157. The average molecular weight is 230 g/mol. The maximum absolute atomic E-state index is 11.9. The number of rotatable bonds is 3. The largest absolute Gasteiger partial charge is 0.399 e. The topological polar surface area (TPSA) is 83.8 Å². The minimum Gasteiger partial charge on any atom is -0.399 e. The molecule has 4 N–H and O–H groups in total.